The number of rotatable bonds is 17. The molecule has 0 aromatic rings. The first-order valence-electron chi connectivity index (χ1n) is 9.65. The van der Waals surface area contributed by atoms with Gasteiger partial charge >= 0.3 is 13.7 Å². The average Bonchev–Trinajstić information content (AvgIpc) is 2.59. The lowest BCUT2D eigenvalue weighted by Crippen LogP contribution is -2.30. The second-order valence-electron chi connectivity index (χ2n) is 7.10. The Kier molecular flexibility index (Phi) is 15.0. The molecule has 2 atom stereocenters. The SMILES string of the molecule is CCOCCOCCOCCOP(=O)(NC(C)CCC(=O)OC)OC(C)(C)C. The van der Waals surface area contributed by atoms with Crippen molar-refractivity contribution in [2.45, 2.75) is 59.1 Å². The molecule has 0 radical (unpaired) electrons. The molecule has 0 spiro atoms. The molecular formula is C18H38NO8P. The van der Waals surface area contributed by atoms with Crippen LogP contribution in [0, 0.1) is 0 Å². The van der Waals surface area contributed by atoms with Crippen LogP contribution in [0.1, 0.15) is 47.5 Å². The lowest BCUT2D eigenvalue weighted by atomic mass is 10.2. The molecule has 28 heavy (non-hydrogen) atoms. The van der Waals surface area contributed by atoms with Crippen molar-refractivity contribution in [3.8, 4) is 0 Å². The Hall–Kier alpha value is -0.540. The Bertz CT molecular complexity index is 455. The zero-order valence-corrected chi connectivity index (χ0v) is 19.0. The third-order valence-corrected chi connectivity index (χ3v) is 5.29. The fourth-order valence-corrected chi connectivity index (χ4v) is 3.91. The van der Waals surface area contributed by atoms with Gasteiger partial charge < -0.3 is 18.9 Å². The third-order valence-electron chi connectivity index (χ3n) is 3.22. The number of methoxy groups -OCH3 is 1. The van der Waals surface area contributed by atoms with Crippen molar-refractivity contribution in [3.63, 3.8) is 0 Å². The zero-order chi connectivity index (χ0) is 21.5. The first kappa shape index (κ1) is 27.5. The van der Waals surface area contributed by atoms with Crippen LogP contribution in [0.3, 0.4) is 0 Å². The standard InChI is InChI=1S/C18H38NO8P/c1-7-23-10-11-24-12-13-25-14-15-26-28(21,27-18(3,4)5)19-16(2)8-9-17(20)22-6/h16H,7-15H2,1-6H3,(H,19,21). The quantitative estimate of drug-likeness (QED) is 0.213. The van der Waals surface area contributed by atoms with E-state index >= 15 is 0 Å². The second-order valence-corrected chi connectivity index (χ2v) is 8.79. The van der Waals surface area contributed by atoms with E-state index in [2.05, 4.69) is 9.82 Å². The minimum atomic E-state index is -3.57. The van der Waals surface area contributed by atoms with Crippen molar-refractivity contribution >= 4 is 13.7 Å². The molecule has 0 aliphatic carbocycles. The minimum absolute atomic E-state index is 0.100. The average molecular weight is 427 g/mol. The van der Waals surface area contributed by atoms with Crippen molar-refractivity contribution in [2.24, 2.45) is 0 Å². The fourth-order valence-electron chi connectivity index (χ4n) is 2.02. The van der Waals surface area contributed by atoms with Crippen molar-refractivity contribution < 1.29 is 37.4 Å². The highest BCUT2D eigenvalue weighted by Crippen LogP contribution is 2.48. The lowest BCUT2D eigenvalue weighted by molar-refractivity contribution is -0.140. The van der Waals surface area contributed by atoms with Gasteiger partial charge in [-0.2, -0.15) is 0 Å². The van der Waals surface area contributed by atoms with E-state index < -0.39 is 13.3 Å². The number of hydrogen-bond donors (Lipinski definition) is 1. The molecule has 0 saturated carbocycles. The van der Waals surface area contributed by atoms with Crippen LogP contribution in [-0.2, 0) is 37.4 Å². The van der Waals surface area contributed by atoms with Gasteiger partial charge in [-0.25, -0.2) is 9.65 Å². The Morgan fingerprint density at radius 2 is 1.54 bits per heavy atom. The van der Waals surface area contributed by atoms with Crippen LogP contribution in [-0.4, -0.2) is 71.0 Å². The van der Waals surface area contributed by atoms with Crippen LogP contribution in [0.4, 0.5) is 0 Å². The summed E-state index contributed by atoms with van der Waals surface area (Å²) < 4.78 is 44.7. The van der Waals surface area contributed by atoms with Gasteiger partial charge in [0.2, 0.25) is 0 Å². The summed E-state index contributed by atoms with van der Waals surface area (Å²) in [5.74, 6) is -0.321. The molecule has 0 aliphatic heterocycles. The summed E-state index contributed by atoms with van der Waals surface area (Å²) in [6.07, 6.45) is 0.662. The normalized spacial score (nSPS) is 15.2. The van der Waals surface area contributed by atoms with Crippen LogP contribution in [0.15, 0.2) is 0 Å². The minimum Gasteiger partial charge on any atom is -0.469 e. The van der Waals surface area contributed by atoms with Crippen LogP contribution in [0.25, 0.3) is 0 Å². The van der Waals surface area contributed by atoms with E-state index in [-0.39, 0.29) is 31.6 Å². The maximum atomic E-state index is 13.0. The molecule has 0 aromatic heterocycles. The smallest absolute Gasteiger partial charge is 0.406 e. The van der Waals surface area contributed by atoms with Gasteiger partial charge in [0.25, 0.3) is 0 Å². The van der Waals surface area contributed by atoms with Crippen LogP contribution in [0.2, 0.25) is 0 Å². The van der Waals surface area contributed by atoms with E-state index in [1.165, 1.54) is 7.11 Å². The van der Waals surface area contributed by atoms with E-state index in [1.54, 1.807) is 27.7 Å². The van der Waals surface area contributed by atoms with Crippen molar-refractivity contribution in [3.05, 3.63) is 0 Å². The zero-order valence-electron chi connectivity index (χ0n) is 18.2. The predicted molar refractivity (Wildman–Crippen MR) is 106 cm³/mol. The molecule has 0 aromatic carbocycles. The number of esters is 1. The highest BCUT2D eigenvalue weighted by molar-refractivity contribution is 7.51. The fraction of sp³-hybridized carbons (Fsp3) is 0.944. The summed E-state index contributed by atoms with van der Waals surface area (Å²) >= 11 is 0. The maximum absolute atomic E-state index is 13.0. The van der Waals surface area contributed by atoms with Crippen molar-refractivity contribution in [1.82, 2.24) is 5.09 Å². The van der Waals surface area contributed by atoms with Gasteiger partial charge in [0.15, 0.2) is 0 Å². The van der Waals surface area contributed by atoms with E-state index in [0.717, 1.165) is 0 Å². The van der Waals surface area contributed by atoms with Gasteiger partial charge in [-0.15, -0.1) is 0 Å². The summed E-state index contributed by atoms with van der Waals surface area (Å²) in [4.78, 5) is 11.3. The monoisotopic (exact) mass is 427 g/mol. The number of ether oxygens (including phenoxy) is 4. The molecular weight excluding hydrogens is 389 g/mol. The van der Waals surface area contributed by atoms with Gasteiger partial charge in [0.05, 0.1) is 52.4 Å². The van der Waals surface area contributed by atoms with Crippen LogP contribution in [0.5, 0.6) is 0 Å². The van der Waals surface area contributed by atoms with E-state index in [4.69, 9.17) is 23.3 Å². The molecule has 9 nitrogen and oxygen atoms in total. The van der Waals surface area contributed by atoms with E-state index in [9.17, 15) is 9.36 Å². The highest BCUT2D eigenvalue weighted by Gasteiger charge is 2.32. The Labute approximate surface area is 169 Å². The Morgan fingerprint density at radius 3 is 2.04 bits per heavy atom. The number of carbonyl (C=O) groups is 1. The van der Waals surface area contributed by atoms with E-state index in [1.807, 2.05) is 6.92 Å². The first-order chi connectivity index (χ1) is 13.1. The largest absolute Gasteiger partial charge is 0.469 e. The molecule has 0 aliphatic rings. The number of nitrogens with one attached hydrogen (secondary N) is 1. The molecule has 0 bridgehead atoms. The summed E-state index contributed by atoms with van der Waals surface area (Å²) in [7, 11) is -2.23. The third kappa shape index (κ3) is 16.4. The van der Waals surface area contributed by atoms with Gasteiger partial charge in [-0.1, -0.05) is 0 Å². The van der Waals surface area contributed by atoms with Crippen LogP contribution >= 0.6 is 7.75 Å². The second kappa shape index (κ2) is 15.3. The van der Waals surface area contributed by atoms with Crippen molar-refractivity contribution in [2.75, 3.05) is 53.4 Å². The molecule has 0 rings (SSSR count). The van der Waals surface area contributed by atoms with E-state index in [0.29, 0.717) is 39.5 Å². The Morgan fingerprint density at radius 1 is 1.00 bits per heavy atom. The molecule has 10 heteroatoms. The molecule has 1 N–H and O–H groups in total. The predicted octanol–water partition coefficient (Wildman–Crippen LogP) is 2.93. The van der Waals surface area contributed by atoms with Crippen molar-refractivity contribution in [1.29, 1.82) is 0 Å². The molecule has 2 unspecified atom stereocenters. The number of carbonyl (C=O) groups excluding carboxylic acids is 1. The van der Waals surface area contributed by atoms with Gasteiger partial charge in [0.1, 0.15) is 0 Å². The maximum Gasteiger partial charge on any atom is 0.406 e. The van der Waals surface area contributed by atoms with Gasteiger partial charge in [-0.3, -0.25) is 13.8 Å². The first-order valence-corrected chi connectivity index (χ1v) is 11.2. The Balaban J connectivity index is 4.23. The van der Waals surface area contributed by atoms with Crippen LogP contribution < -0.4 is 5.09 Å². The van der Waals surface area contributed by atoms with Gasteiger partial charge in [-0.05, 0) is 41.0 Å². The molecule has 0 fully saturated rings. The topological polar surface area (TPSA) is 102 Å². The molecule has 0 heterocycles. The summed E-state index contributed by atoms with van der Waals surface area (Å²) in [6, 6.07) is -0.257. The van der Waals surface area contributed by atoms with Gasteiger partial charge in [0, 0.05) is 19.1 Å². The summed E-state index contributed by atoms with van der Waals surface area (Å²) in [5, 5.41) is 2.87. The summed E-state index contributed by atoms with van der Waals surface area (Å²) in [5.41, 5.74) is -0.667. The summed E-state index contributed by atoms with van der Waals surface area (Å²) in [6.45, 7) is 12.1. The molecule has 0 saturated heterocycles. The number of hydrogen-bond acceptors (Lipinski definition) is 8. The molecule has 0 amide bonds. The highest BCUT2D eigenvalue weighted by atomic mass is 31.2. The lowest BCUT2D eigenvalue weighted by Gasteiger charge is -2.29. The molecule has 168 valence electrons.